The molecule has 2 N–H and O–H groups in total. The Balaban J connectivity index is 2.13. The summed E-state index contributed by atoms with van der Waals surface area (Å²) in [6.07, 6.45) is 0. The Hall–Kier alpha value is -2.29. The molecule has 0 heterocycles. The lowest BCUT2D eigenvalue weighted by atomic mass is 10.1. The third-order valence-corrected chi connectivity index (χ3v) is 3.20. The minimum absolute atomic E-state index is 0.0918. The van der Waals surface area contributed by atoms with Crippen molar-refractivity contribution in [3.63, 3.8) is 0 Å². The van der Waals surface area contributed by atoms with Gasteiger partial charge in [-0.15, -0.1) is 0 Å². The molecule has 0 bridgehead atoms. The van der Waals surface area contributed by atoms with Gasteiger partial charge in [-0.2, -0.15) is 0 Å². The van der Waals surface area contributed by atoms with Crippen molar-refractivity contribution in [3.8, 4) is 0 Å². The van der Waals surface area contributed by atoms with E-state index < -0.39 is 0 Å². The number of nitrogens with one attached hydrogen (secondary N) is 2. The summed E-state index contributed by atoms with van der Waals surface area (Å²) >= 11 is 0. The van der Waals surface area contributed by atoms with E-state index in [-0.39, 0.29) is 5.91 Å². The maximum absolute atomic E-state index is 12.1. The standard InChI is InChI=1S/C16H18N2O/c1-11-4-7-15(10-12(11)2)18-16(19)13-5-8-14(17-3)9-6-13/h4-10,17H,1-3H3,(H,18,19). The van der Waals surface area contributed by atoms with E-state index >= 15 is 0 Å². The first-order valence-electron chi connectivity index (χ1n) is 6.26. The van der Waals surface area contributed by atoms with Gasteiger partial charge in [0.15, 0.2) is 0 Å². The molecule has 2 rings (SSSR count). The molecule has 0 aromatic heterocycles. The number of anilines is 2. The Labute approximate surface area is 113 Å². The van der Waals surface area contributed by atoms with E-state index in [1.54, 1.807) is 0 Å². The molecule has 0 saturated carbocycles. The maximum Gasteiger partial charge on any atom is 0.255 e. The van der Waals surface area contributed by atoms with Gasteiger partial charge in [0.05, 0.1) is 0 Å². The molecule has 0 radical (unpaired) electrons. The fourth-order valence-electron chi connectivity index (χ4n) is 1.81. The molecule has 0 unspecified atom stereocenters. The summed E-state index contributed by atoms with van der Waals surface area (Å²) in [4.78, 5) is 12.1. The largest absolute Gasteiger partial charge is 0.388 e. The van der Waals surface area contributed by atoms with Gasteiger partial charge in [-0.05, 0) is 61.4 Å². The van der Waals surface area contributed by atoms with Crippen molar-refractivity contribution in [1.82, 2.24) is 0 Å². The van der Waals surface area contributed by atoms with Crippen LogP contribution in [0.2, 0.25) is 0 Å². The van der Waals surface area contributed by atoms with Crippen LogP contribution in [0.5, 0.6) is 0 Å². The van der Waals surface area contributed by atoms with Gasteiger partial charge in [0.25, 0.3) is 5.91 Å². The zero-order valence-corrected chi connectivity index (χ0v) is 11.4. The molecule has 19 heavy (non-hydrogen) atoms. The molecule has 0 aliphatic rings. The van der Waals surface area contributed by atoms with E-state index in [0.29, 0.717) is 5.56 Å². The normalized spacial score (nSPS) is 10.1. The molecular formula is C16H18N2O. The average molecular weight is 254 g/mol. The Kier molecular flexibility index (Phi) is 3.85. The van der Waals surface area contributed by atoms with Crippen molar-refractivity contribution in [1.29, 1.82) is 0 Å². The number of amides is 1. The van der Waals surface area contributed by atoms with E-state index in [1.807, 2.05) is 56.4 Å². The van der Waals surface area contributed by atoms with E-state index in [4.69, 9.17) is 0 Å². The van der Waals surface area contributed by atoms with Crippen molar-refractivity contribution in [2.45, 2.75) is 13.8 Å². The van der Waals surface area contributed by atoms with Gasteiger partial charge in [0.1, 0.15) is 0 Å². The molecular weight excluding hydrogens is 236 g/mol. The van der Waals surface area contributed by atoms with Crippen LogP contribution in [0.4, 0.5) is 11.4 Å². The SMILES string of the molecule is CNc1ccc(C(=O)Nc2ccc(C)c(C)c2)cc1. The van der Waals surface area contributed by atoms with E-state index in [9.17, 15) is 4.79 Å². The number of hydrogen-bond acceptors (Lipinski definition) is 2. The van der Waals surface area contributed by atoms with Gasteiger partial charge in [-0.25, -0.2) is 0 Å². The monoisotopic (exact) mass is 254 g/mol. The van der Waals surface area contributed by atoms with Crippen molar-refractivity contribution in [3.05, 3.63) is 59.2 Å². The summed E-state index contributed by atoms with van der Waals surface area (Å²) in [5.41, 5.74) is 4.85. The third-order valence-electron chi connectivity index (χ3n) is 3.20. The second kappa shape index (κ2) is 5.57. The van der Waals surface area contributed by atoms with Crippen LogP contribution in [0.15, 0.2) is 42.5 Å². The topological polar surface area (TPSA) is 41.1 Å². The van der Waals surface area contributed by atoms with Crippen molar-refractivity contribution in [2.24, 2.45) is 0 Å². The van der Waals surface area contributed by atoms with Crippen molar-refractivity contribution < 1.29 is 4.79 Å². The Morgan fingerprint density at radius 3 is 2.11 bits per heavy atom. The van der Waals surface area contributed by atoms with Crippen LogP contribution < -0.4 is 10.6 Å². The summed E-state index contributed by atoms with van der Waals surface area (Å²) in [5.74, 6) is -0.0918. The van der Waals surface area contributed by atoms with E-state index in [1.165, 1.54) is 11.1 Å². The predicted octanol–water partition coefficient (Wildman–Crippen LogP) is 3.60. The first kappa shape index (κ1) is 13.1. The maximum atomic E-state index is 12.1. The molecule has 2 aromatic carbocycles. The van der Waals surface area contributed by atoms with Gasteiger partial charge >= 0.3 is 0 Å². The third kappa shape index (κ3) is 3.13. The second-order valence-corrected chi connectivity index (χ2v) is 4.58. The zero-order chi connectivity index (χ0) is 13.8. The summed E-state index contributed by atoms with van der Waals surface area (Å²) < 4.78 is 0. The highest BCUT2D eigenvalue weighted by molar-refractivity contribution is 6.04. The highest BCUT2D eigenvalue weighted by Gasteiger charge is 2.06. The molecule has 0 spiro atoms. The smallest absolute Gasteiger partial charge is 0.255 e. The van der Waals surface area contributed by atoms with Gasteiger partial charge in [0, 0.05) is 24.0 Å². The van der Waals surface area contributed by atoms with Crippen LogP contribution >= 0.6 is 0 Å². The lowest BCUT2D eigenvalue weighted by molar-refractivity contribution is 0.102. The Bertz CT molecular complexity index is 588. The van der Waals surface area contributed by atoms with Crippen LogP contribution in [-0.4, -0.2) is 13.0 Å². The van der Waals surface area contributed by atoms with Crippen LogP contribution in [0.3, 0.4) is 0 Å². The molecule has 0 saturated heterocycles. The van der Waals surface area contributed by atoms with Gasteiger partial charge in [-0.3, -0.25) is 4.79 Å². The van der Waals surface area contributed by atoms with Gasteiger partial charge in [-0.1, -0.05) is 6.07 Å². The summed E-state index contributed by atoms with van der Waals surface area (Å²) in [6.45, 7) is 4.09. The fourth-order valence-corrected chi connectivity index (χ4v) is 1.81. The Morgan fingerprint density at radius 2 is 1.53 bits per heavy atom. The first-order valence-corrected chi connectivity index (χ1v) is 6.26. The number of carbonyl (C=O) groups is 1. The predicted molar refractivity (Wildman–Crippen MR) is 79.9 cm³/mol. The van der Waals surface area contributed by atoms with Crippen molar-refractivity contribution >= 4 is 17.3 Å². The molecule has 3 nitrogen and oxygen atoms in total. The first-order chi connectivity index (χ1) is 9.10. The molecule has 0 aliphatic carbocycles. The fraction of sp³-hybridized carbons (Fsp3) is 0.188. The molecule has 0 atom stereocenters. The molecule has 3 heteroatoms. The lowest BCUT2D eigenvalue weighted by Crippen LogP contribution is -2.12. The summed E-state index contributed by atoms with van der Waals surface area (Å²) in [5, 5.41) is 5.93. The molecule has 0 fully saturated rings. The molecule has 2 aromatic rings. The van der Waals surface area contributed by atoms with E-state index in [0.717, 1.165) is 11.4 Å². The van der Waals surface area contributed by atoms with Gasteiger partial charge in [0.2, 0.25) is 0 Å². The number of hydrogen-bond donors (Lipinski definition) is 2. The van der Waals surface area contributed by atoms with Crippen LogP contribution in [0, 0.1) is 13.8 Å². The number of carbonyl (C=O) groups excluding carboxylic acids is 1. The van der Waals surface area contributed by atoms with Gasteiger partial charge < -0.3 is 10.6 Å². The molecule has 98 valence electrons. The lowest BCUT2D eigenvalue weighted by Gasteiger charge is -2.08. The van der Waals surface area contributed by atoms with Crippen LogP contribution in [-0.2, 0) is 0 Å². The highest BCUT2D eigenvalue weighted by atomic mass is 16.1. The van der Waals surface area contributed by atoms with Crippen LogP contribution in [0.25, 0.3) is 0 Å². The average Bonchev–Trinajstić information content (AvgIpc) is 2.43. The number of rotatable bonds is 3. The van der Waals surface area contributed by atoms with Crippen LogP contribution in [0.1, 0.15) is 21.5 Å². The second-order valence-electron chi connectivity index (χ2n) is 4.58. The quantitative estimate of drug-likeness (QED) is 0.878. The summed E-state index contributed by atoms with van der Waals surface area (Å²) in [6, 6.07) is 13.3. The minimum Gasteiger partial charge on any atom is -0.388 e. The minimum atomic E-state index is -0.0918. The number of benzene rings is 2. The van der Waals surface area contributed by atoms with Crippen molar-refractivity contribution in [2.75, 3.05) is 17.7 Å². The van der Waals surface area contributed by atoms with E-state index in [2.05, 4.69) is 17.6 Å². The molecule has 1 amide bonds. The number of aryl methyl sites for hydroxylation is 2. The Morgan fingerprint density at radius 1 is 0.895 bits per heavy atom. The highest BCUT2D eigenvalue weighted by Crippen LogP contribution is 2.16. The molecule has 0 aliphatic heterocycles. The zero-order valence-electron chi connectivity index (χ0n) is 11.4. The summed E-state index contributed by atoms with van der Waals surface area (Å²) in [7, 11) is 1.85.